The summed E-state index contributed by atoms with van der Waals surface area (Å²) in [5.41, 5.74) is 1.09. The van der Waals surface area contributed by atoms with Gasteiger partial charge in [0, 0.05) is 42.0 Å². The summed E-state index contributed by atoms with van der Waals surface area (Å²) in [6.07, 6.45) is 2.89. The molecule has 6 heteroatoms. The van der Waals surface area contributed by atoms with Gasteiger partial charge < -0.3 is 15.4 Å². The predicted molar refractivity (Wildman–Crippen MR) is 110 cm³/mol. The lowest BCUT2D eigenvalue weighted by molar-refractivity contribution is 0.0513. The van der Waals surface area contributed by atoms with E-state index in [0.29, 0.717) is 0 Å². The Morgan fingerprint density at radius 1 is 1.11 bits per heavy atom. The SMILES string of the molecule is CCc1ccc(CNC(=NC)NCC2(c3ccc(F)cc3)CCOCC2)s1. The van der Waals surface area contributed by atoms with Gasteiger partial charge in [0.05, 0.1) is 6.54 Å². The maximum Gasteiger partial charge on any atom is 0.191 e. The van der Waals surface area contributed by atoms with E-state index in [4.69, 9.17) is 4.74 Å². The summed E-state index contributed by atoms with van der Waals surface area (Å²) in [6.45, 7) is 5.12. The molecule has 0 bridgehead atoms. The van der Waals surface area contributed by atoms with Crippen LogP contribution in [0.2, 0.25) is 0 Å². The van der Waals surface area contributed by atoms with Gasteiger partial charge in [-0.1, -0.05) is 19.1 Å². The highest BCUT2D eigenvalue weighted by Crippen LogP contribution is 2.34. The van der Waals surface area contributed by atoms with E-state index in [1.54, 1.807) is 19.2 Å². The van der Waals surface area contributed by atoms with E-state index in [-0.39, 0.29) is 11.2 Å². The van der Waals surface area contributed by atoms with Gasteiger partial charge in [0.2, 0.25) is 0 Å². The zero-order valence-corrected chi connectivity index (χ0v) is 16.9. The Balaban J connectivity index is 1.63. The van der Waals surface area contributed by atoms with Crippen molar-refractivity contribution in [1.29, 1.82) is 0 Å². The summed E-state index contributed by atoms with van der Waals surface area (Å²) >= 11 is 1.83. The summed E-state index contributed by atoms with van der Waals surface area (Å²) in [7, 11) is 1.79. The summed E-state index contributed by atoms with van der Waals surface area (Å²) in [5.74, 6) is 0.586. The molecule has 0 spiro atoms. The number of hydrogen-bond donors (Lipinski definition) is 2. The molecule has 0 unspecified atom stereocenters. The Bertz CT molecular complexity index is 751. The van der Waals surface area contributed by atoms with Crippen LogP contribution in [0.15, 0.2) is 41.4 Å². The molecule has 1 saturated heterocycles. The number of nitrogens with zero attached hydrogens (tertiary/aromatic N) is 1. The van der Waals surface area contributed by atoms with E-state index >= 15 is 0 Å². The number of nitrogens with one attached hydrogen (secondary N) is 2. The Kier molecular flexibility index (Phi) is 6.85. The number of hydrogen-bond acceptors (Lipinski definition) is 3. The lowest BCUT2D eigenvalue weighted by Gasteiger charge is -2.38. The number of ether oxygens (including phenoxy) is 1. The van der Waals surface area contributed by atoms with E-state index in [9.17, 15) is 4.39 Å². The monoisotopic (exact) mass is 389 g/mol. The van der Waals surface area contributed by atoms with Crippen LogP contribution in [-0.2, 0) is 23.1 Å². The second kappa shape index (κ2) is 9.33. The van der Waals surface area contributed by atoms with Crippen LogP contribution in [0.25, 0.3) is 0 Å². The van der Waals surface area contributed by atoms with Crippen LogP contribution in [0.4, 0.5) is 4.39 Å². The molecular formula is C21H28FN3OS. The van der Waals surface area contributed by atoms with Crippen LogP contribution >= 0.6 is 11.3 Å². The van der Waals surface area contributed by atoms with Gasteiger partial charge in [0.25, 0.3) is 0 Å². The highest BCUT2D eigenvalue weighted by Gasteiger charge is 2.34. The third kappa shape index (κ3) is 5.08. The molecule has 1 fully saturated rings. The minimum Gasteiger partial charge on any atom is -0.381 e. The maximum absolute atomic E-state index is 13.4. The molecule has 3 rings (SSSR count). The first-order valence-corrected chi connectivity index (χ1v) is 10.3. The van der Waals surface area contributed by atoms with Crippen molar-refractivity contribution < 1.29 is 9.13 Å². The zero-order valence-electron chi connectivity index (χ0n) is 16.1. The second-order valence-corrected chi connectivity index (χ2v) is 8.15. The third-order valence-corrected chi connectivity index (χ3v) is 6.45. The minimum atomic E-state index is -0.200. The maximum atomic E-state index is 13.4. The highest BCUT2D eigenvalue weighted by atomic mass is 32.1. The quantitative estimate of drug-likeness (QED) is 0.582. The van der Waals surface area contributed by atoms with E-state index in [2.05, 4.69) is 34.7 Å². The van der Waals surface area contributed by atoms with E-state index in [1.807, 2.05) is 23.5 Å². The van der Waals surface area contributed by atoms with Crippen LogP contribution < -0.4 is 10.6 Å². The Morgan fingerprint density at radius 3 is 2.44 bits per heavy atom. The predicted octanol–water partition coefficient (Wildman–Crippen LogP) is 3.86. The molecule has 2 aromatic rings. The zero-order chi connectivity index (χ0) is 19.1. The number of benzene rings is 1. The average molecular weight is 390 g/mol. The molecule has 2 heterocycles. The summed E-state index contributed by atoms with van der Waals surface area (Å²) in [5, 5.41) is 6.88. The van der Waals surface area contributed by atoms with E-state index in [1.165, 1.54) is 9.75 Å². The standard InChI is InChI=1S/C21H28FN3OS/c1-3-18-8-9-19(27-18)14-24-20(23-2)25-15-21(10-12-26-13-11-21)16-4-6-17(22)7-5-16/h4-9H,3,10-15H2,1-2H3,(H2,23,24,25). The molecule has 0 atom stereocenters. The van der Waals surface area contributed by atoms with Crippen LogP contribution in [0, 0.1) is 5.82 Å². The molecule has 0 radical (unpaired) electrons. The van der Waals surface area contributed by atoms with Gasteiger partial charge in [-0.15, -0.1) is 11.3 Å². The molecule has 1 aromatic heterocycles. The van der Waals surface area contributed by atoms with Gasteiger partial charge in [0.15, 0.2) is 5.96 Å². The smallest absolute Gasteiger partial charge is 0.191 e. The highest BCUT2D eigenvalue weighted by molar-refractivity contribution is 7.11. The van der Waals surface area contributed by atoms with Gasteiger partial charge in [-0.3, -0.25) is 4.99 Å². The van der Waals surface area contributed by atoms with Gasteiger partial charge >= 0.3 is 0 Å². The van der Waals surface area contributed by atoms with Crippen LogP contribution in [0.1, 0.15) is 35.1 Å². The van der Waals surface area contributed by atoms with Crippen molar-refractivity contribution in [3.8, 4) is 0 Å². The number of thiophene rings is 1. The fraction of sp³-hybridized carbons (Fsp3) is 0.476. The number of aryl methyl sites for hydroxylation is 1. The molecule has 0 amide bonds. The number of guanidine groups is 1. The molecular weight excluding hydrogens is 361 g/mol. The molecule has 27 heavy (non-hydrogen) atoms. The summed E-state index contributed by atoms with van der Waals surface area (Å²) in [4.78, 5) is 7.06. The largest absolute Gasteiger partial charge is 0.381 e. The van der Waals surface area contributed by atoms with Crippen molar-refractivity contribution in [2.75, 3.05) is 26.8 Å². The summed E-state index contributed by atoms with van der Waals surface area (Å²) < 4.78 is 18.9. The molecule has 2 N–H and O–H groups in total. The molecule has 0 saturated carbocycles. The molecule has 146 valence electrons. The van der Waals surface area contributed by atoms with E-state index in [0.717, 1.165) is 57.1 Å². The van der Waals surface area contributed by atoms with Gasteiger partial charge in [-0.2, -0.15) is 0 Å². The molecule has 1 aromatic carbocycles. The molecule has 4 nitrogen and oxygen atoms in total. The first kappa shape index (κ1) is 19.8. The van der Waals surface area contributed by atoms with Crippen molar-refractivity contribution in [2.24, 2.45) is 4.99 Å². The lowest BCUT2D eigenvalue weighted by atomic mass is 9.74. The van der Waals surface area contributed by atoms with Crippen LogP contribution in [-0.4, -0.2) is 32.8 Å². The fourth-order valence-corrected chi connectivity index (χ4v) is 4.38. The van der Waals surface area contributed by atoms with E-state index < -0.39 is 0 Å². The molecule has 1 aliphatic rings. The minimum absolute atomic E-state index is 0.0676. The van der Waals surface area contributed by atoms with Crippen LogP contribution in [0.5, 0.6) is 0 Å². The second-order valence-electron chi connectivity index (χ2n) is 6.90. The van der Waals surface area contributed by atoms with Crippen LogP contribution in [0.3, 0.4) is 0 Å². The number of halogens is 1. The lowest BCUT2D eigenvalue weighted by Crippen LogP contribution is -2.47. The molecule has 0 aliphatic carbocycles. The molecule has 1 aliphatic heterocycles. The van der Waals surface area contributed by atoms with Crippen molar-refractivity contribution in [3.63, 3.8) is 0 Å². The topological polar surface area (TPSA) is 45.7 Å². The van der Waals surface area contributed by atoms with Crippen molar-refractivity contribution >= 4 is 17.3 Å². The van der Waals surface area contributed by atoms with Crippen molar-refractivity contribution in [2.45, 2.75) is 38.1 Å². The number of rotatable bonds is 6. The first-order chi connectivity index (χ1) is 13.1. The Hall–Kier alpha value is -1.92. The van der Waals surface area contributed by atoms with Gasteiger partial charge in [-0.25, -0.2) is 4.39 Å². The summed E-state index contributed by atoms with van der Waals surface area (Å²) in [6, 6.07) is 11.2. The Morgan fingerprint density at radius 2 is 1.81 bits per heavy atom. The van der Waals surface area contributed by atoms with Gasteiger partial charge in [-0.05, 0) is 49.1 Å². The van der Waals surface area contributed by atoms with Gasteiger partial charge in [0.1, 0.15) is 5.82 Å². The normalized spacial score (nSPS) is 16.9. The Labute approximate surface area is 164 Å². The third-order valence-electron chi connectivity index (χ3n) is 5.22. The fourth-order valence-electron chi connectivity index (χ4n) is 3.48. The average Bonchev–Trinajstić information content (AvgIpc) is 3.17. The number of aliphatic imine (C=N–C) groups is 1. The van der Waals surface area contributed by atoms with Crippen molar-refractivity contribution in [3.05, 3.63) is 57.5 Å². The first-order valence-electron chi connectivity index (χ1n) is 9.51. The van der Waals surface area contributed by atoms with Crippen molar-refractivity contribution in [1.82, 2.24) is 10.6 Å².